The van der Waals surface area contributed by atoms with Gasteiger partial charge < -0.3 is 5.73 Å². The fraction of sp³-hybridized carbons (Fsp3) is 0.667. The Labute approximate surface area is 72.6 Å². The summed E-state index contributed by atoms with van der Waals surface area (Å²) in [6.45, 7) is 2.06. The van der Waals surface area contributed by atoms with E-state index >= 15 is 0 Å². The van der Waals surface area contributed by atoms with Gasteiger partial charge in [0, 0.05) is 25.2 Å². The fourth-order valence-corrected chi connectivity index (χ4v) is 1.89. The molecule has 2 rings (SSSR count). The predicted octanol–water partition coefficient (Wildman–Crippen LogP) is 0.933. The van der Waals surface area contributed by atoms with Gasteiger partial charge in [-0.3, -0.25) is 4.68 Å². The average Bonchev–Trinajstić information content (AvgIpc) is 2.28. The third kappa shape index (κ3) is 1.05. The van der Waals surface area contributed by atoms with Crippen LogP contribution in [-0.4, -0.2) is 15.8 Å². The second-order valence-electron chi connectivity index (χ2n) is 3.69. The van der Waals surface area contributed by atoms with Crippen LogP contribution in [0, 0.1) is 6.92 Å². The molecule has 0 saturated heterocycles. The van der Waals surface area contributed by atoms with Gasteiger partial charge in [-0.1, -0.05) is 0 Å². The Hall–Kier alpha value is -0.830. The smallest absolute Gasteiger partial charge is 0.0628 e. The summed E-state index contributed by atoms with van der Waals surface area (Å²) >= 11 is 0. The molecule has 2 unspecified atom stereocenters. The van der Waals surface area contributed by atoms with Crippen molar-refractivity contribution in [1.29, 1.82) is 0 Å². The topological polar surface area (TPSA) is 43.8 Å². The molecule has 1 aromatic rings. The lowest BCUT2D eigenvalue weighted by atomic mass is 9.76. The van der Waals surface area contributed by atoms with Crippen molar-refractivity contribution in [2.75, 3.05) is 0 Å². The first-order valence-corrected chi connectivity index (χ1v) is 4.44. The Balaban J connectivity index is 2.27. The summed E-state index contributed by atoms with van der Waals surface area (Å²) in [4.78, 5) is 0. The van der Waals surface area contributed by atoms with Crippen molar-refractivity contribution in [3.05, 3.63) is 17.5 Å². The normalized spacial score (nSPS) is 28.6. The van der Waals surface area contributed by atoms with E-state index in [1.54, 1.807) is 0 Å². The van der Waals surface area contributed by atoms with Crippen LogP contribution in [0.25, 0.3) is 0 Å². The van der Waals surface area contributed by atoms with Crippen LogP contribution in [0.5, 0.6) is 0 Å². The first kappa shape index (κ1) is 7.80. The van der Waals surface area contributed by atoms with Gasteiger partial charge >= 0.3 is 0 Å². The number of nitrogens with two attached hydrogens (primary N) is 1. The largest absolute Gasteiger partial charge is 0.327 e. The molecule has 1 aliphatic carbocycles. The number of hydrogen-bond donors (Lipinski definition) is 1. The summed E-state index contributed by atoms with van der Waals surface area (Å²) < 4.78 is 1.87. The minimum absolute atomic E-state index is 0.368. The molecule has 0 aromatic carbocycles. The number of rotatable bonds is 1. The summed E-state index contributed by atoms with van der Waals surface area (Å²) in [6.07, 6.45) is 4.49. The van der Waals surface area contributed by atoms with Crippen molar-refractivity contribution in [1.82, 2.24) is 9.78 Å². The van der Waals surface area contributed by atoms with E-state index in [4.69, 9.17) is 5.73 Å². The second kappa shape index (κ2) is 2.59. The van der Waals surface area contributed by atoms with E-state index in [1.807, 2.05) is 11.7 Å². The molecule has 1 fully saturated rings. The van der Waals surface area contributed by atoms with E-state index in [0.717, 1.165) is 5.69 Å². The van der Waals surface area contributed by atoms with E-state index in [-0.39, 0.29) is 0 Å². The van der Waals surface area contributed by atoms with Crippen LogP contribution in [0.3, 0.4) is 0 Å². The van der Waals surface area contributed by atoms with E-state index in [9.17, 15) is 0 Å². The van der Waals surface area contributed by atoms with Crippen LogP contribution in [-0.2, 0) is 7.05 Å². The number of aryl methyl sites for hydroxylation is 2. The van der Waals surface area contributed by atoms with Gasteiger partial charge in [0.2, 0.25) is 0 Å². The first-order valence-electron chi connectivity index (χ1n) is 4.44. The molecule has 1 aliphatic rings. The molecule has 1 saturated carbocycles. The molecule has 0 radical (unpaired) electrons. The number of nitrogens with zero attached hydrogens (tertiary/aromatic N) is 2. The Bertz CT molecular complexity index is 290. The third-order valence-corrected chi connectivity index (χ3v) is 2.78. The van der Waals surface area contributed by atoms with Crippen molar-refractivity contribution >= 4 is 0 Å². The average molecular weight is 165 g/mol. The minimum Gasteiger partial charge on any atom is -0.327 e. The summed E-state index contributed by atoms with van der Waals surface area (Å²) in [5.74, 6) is 0.568. The standard InChI is InChI=1S/C9H15N3/c1-6-8(5-12(2)11-6)7-3-4-9(7)10/h5,7,9H,3-4,10H2,1-2H3. The third-order valence-electron chi connectivity index (χ3n) is 2.78. The van der Waals surface area contributed by atoms with Crippen molar-refractivity contribution in [3.63, 3.8) is 0 Å². The van der Waals surface area contributed by atoms with Crippen molar-refractivity contribution in [2.24, 2.45) is 12.8 Å². The zero-order valence-corrected chi connectivity index (χ0v) is 7.62. The van der Waals surface area contributed by atoms with Gasteiger partial charge in [0.15, 0.2) is 0 Å². The minimum atomic E-state index is 0.368. The lowest BCUT2D eigenvalue weighted by Crippen LogP contribution is -2.37. The highest BCUT2D eigenvalue weighted by atomic mass is 15.2. The van der Waals surface area contributed by atoms with Crippen LogP contribution in [0.15, 0.2) is 6.20 Å². The van der Waals surface area contributed by atoms with Crippen LogP contribution in [0.4, 0.5) is 0 Å². The van der Waals surface area contributed by atoms with Gasteiger partial charge in [0.05, 0.1) is 5.69 Å². The zero-order valence-electron chi connectivity index (χ0n) is 7.62. The number of hydrogen-bond acceptors (Lipinski definition) is 2. The highest BCUT2D eigenvalue weighted by molar-refractivity contribution is 5.25. The zero-order chi connectivity index (χ0) is 8.72. The summed E-state index contributed by atoms with van der Waals surface area (Å²) in [5.41, 5.74) is 8.38. The van der Waals surface area contributed by atoms with Crippen molar-refractivity contribution < 1.29 is 0 Å². The molecule has 0 amide bonds. The quantitative estimate of drug-likeness (QED) is 0.673. The van der Waals surface area contributed by atoms with Gasteiger partial charge in [0.25, 0.3) is 0 Å². The molecule has 3 nitrogen and oxygen atoms in total. The summed E-state index contributed by atoms with van der Waals surface area (Å²) in [7, 11) is 1.96. The molecule has 0 spiro atoms. The van der Waals surface area contributed by atoms with Gasteiger partial charge in [-0.2, -0.15) is 5.10 Å². The molecule has 1 aromatic heterocycles. The van der Waals surface area contributed by atoms with Gasteiger partial charge in [-0.15, -0.1) is 0 Å². The van der Waals surface area contributed by atoms with Crippen LogP contribution in [0.2, 0.25) is 0 Å². The number of aromatic nitrogens is 2. The molecule has 1 heterocycles. The van der Waals surface area contributed by atoms with E-state index in [1.165, 1.54) is 18.4 Å². The van der Waals surface area contributed by atoms with Gasteiger partial charge in [-0.25, -0.2) is 0 Å². The highest BCUT2D eigenvalue weighted by Crippen LogP contribution is 2.36. The maximum absolute atomic E-state index is 5.90. The van der Waals surface area contributed by atoms with E-state index in [0.29, 0.717) is 12.0 Å². The first-order chi connectivity index (χ1) is 5.68. The fourth-order valence-electron chi connectivity index (χ4n) is 1.89. The molecule has 2 atom stereocenters. The Morgan fingerprint density at radius 2 is 2.33 bits per heavy atom. The molecule has 0 aliphatic heterocycles. The van der Waals surface area contributed by atoms with E-state index in [2.05, 4.69) is 18.2 Å². The Morgan fingerprint density at radius 3 is 2.67 bits per heavy atom. The second-order valence-corrected chi connectivity index (χ2v) is 3.69. The molecular weight excluding hydrogens is 150 g/mol. The summed E-state index contributed by atoms with van der Waals surface area (Å²) in [6, 6.07) is 0.368. The van der Waals surface area contributed by atoms with Crippen molar-refractivity contribution in [2.45, 2.75) is 31.7 Å². The Kier molecular flexibility index (Phi) is 1.68. The summed E-state index contributed by atoms with van der Waals surface area (Å²) in [5, 5.41) is 4.31. The van der Waals surface area contributed by atoms with Gasteiger partial charge in [0.1, 0.15) is 0 Å². The molecule has 12 heavy (non-hydrogen) atoms. The maximum atomic E-state index is 5.90. The van der Waals surface area contributed by atoms with Crippen LogP contribution in [0.1, 0.15) is 30.0 Å². The highest BCUT2D eigenvalue weighted by Gasteiger charge is 2.30. The molecular formula is C9H15N3. The molecule has 3 heteroatoms. The van der Waals surface area contributed by atoms with Crippen LogP contribution >= 0.6 is 0 Å². The van der Waals surface area contributed by atoms with E-state index < -0.39 is 0 Å². The maximum Gasteiger partial charge on any atom is 0.0628 e. The molecule has 2 N–H and O–H groups in total. The SMILES string of the molecule is Cc1nn(C)cc1C1CCC1N. The predicted molar refractivity (Wildman–Crippen MR) is 47.9 cm³/mol. The Morgan fingerprint density at radius 1 is 1.58 bits per heavy atom. The molecule has 0 bridgehead atoms. The lowest BCUT2D eigenvalue weighted by Gasteiger charge is -2.33. The lowest BCUT2D eigenvalue weighted by molar-refractivity contribution is 0.345. The van der Waals surface area contributed by atoms with Crippen molar-refractivity contribution in [3.8, 4) is 0 Å². The van der Waals surface area contributed by atoms with Crippen LogP contribution < -0.4 is 5.73 Å². The monoisotopic (exact) mass is 165 g/mol. The van der Waals surface area contributed by atoms with Gasteiger partial charge in [-0.05, 0) is 25.3 Å². The molecule has 66 valence electrons.